The molecule has 1 saturated heterocycles. The standard InChI is InChI=1S/C37H72O10/c1-2-3-4-5-6-7-8-9-10-11-12-13-14-15-16-19-36(38)45-34-32-43-30-28-41-26-24-39-22-23-40-25-27-42-29-31-44-33-35-47-37-20-17-18-21-46-37/h37H,2-35H2,1H3. The second kappa shape index (κ2) is 38.0. The molecule has 0 radical (unpaired) electrons. The first-order chi connectivity index (χ1) is 23.3. The number of rotatable bonds is 38. The first-order valence-electron chi connectivity index (χ1n) is 19.2. The molecule has 0 aromatic carbocycles. The molecular weight excluding hydrogens is 604 g/mol. The summed E-state index contributed by atoms with van der Waals surface area (Å²) in [5.74, 6) is -0.124. The molecule has 0 aromatic rings. The van der Waals surface area contributed by atoms with Crippen molar-refractivity contribution in [3.05, 3.63) is 0 Å². The Balaban J connectivity index is 1.64. The second-order valence-electron chi connectivity index (χ2n) is 12.3. The average Bonchev–Trinajstić information content (AvgIpc) is 3.09. The molecule has 0 aliphatic carbocycles. The Morgan fingerprint density at radius 3 is 1.28 bits per heavy atom. The second-order valence-corrected chi connectivity index (χ2v) is 12.3. The summed E-state index contributed by atoms with van der Waals surface area (Å²) in [5.41, 5.74) is 0. The molecule has 10 heteroatoms. The molecule has 1 heterocycles. The van der Waals surface area contributed by atoms with Crippen molar-refractivity contribution in [3.63, 3.8) is 0 Å². The van der Waals surface area contributed by atoms with Crippen molar-refractivity contribution in [1.29, 1.82) is 0 Å². The summed E-state index contributed by atoms with van der Waals surface area (Å²) in [6.45, 7) is 9.95. The van der Waals surface area contributed by atoms with Gasteiger partial charge in [-0.25, -0.2) is 0 Å². The van der Waals surface area contributed by atoms with Crippen LogP contribution in [0, 0.1) is 0 Å². The van der Waals surface area contributed by atoms with E-state index in [1.165, 1.54) is 89.9 Å². The van der Waals surface area contributed by atoms with Gasteiger partial charge in [0, 0.05) is 13.0 Å². The van der Waals surface area contributed by atoms with Gasteiger partial charge in [-0.2, -0.15) is 0 Å². The van der Waals surface area contributed by atoms with Crippen LogP contribution in [0.5, 0.6) is 0 Å². The number of carbonyl (C=O) groups excluding carboxylic acids is 1. The van der Waals surface area contributed by atoms with E-state index in [-0.39, 0.29) is 12.3 Å². The van der Waals surface area contributed by atoms with Crippen molar-refractivity contribution < 1.29 is 47.4 Å². The highest BCUT2D eigenvalue weighted by molar-refractivity contribution is 5.69. The number of carbonyl (C=O) groups is 1. The summed E-state index contributed by atoms with van der Waals surface area (Å²) in [4.78, 5) is 11.9. The molecule has 1 aliphatic heterocycles. The van der Waals surface area contributed by atoms with Gasteiger partial charge in [-0.3, -0.25) is 4.79 Å². The van der Waals surface area contributed by atoms with Crippen LogP contribution in [-0.2, 0) is 47.4 Å². The van der Waals surface area contributed by atoms with Crippen molar-refractivity contribution in [1.82, 2.24) is 0 Å². The third kappa shape index (κ3) is 34.8. The third-order valence-electron chi connectivity index (χ3n) is 8.00. The highest BCUT2D eigenvalue weighted by Gasteiger charge is 2.13. The van der Waals surface area contributed by atoms with Crippen LogP contribution in [0.3, 0.4) is 0 Å². The van der Waals surface area contributed by atoms with Gasteiger partial charge in [0.2, 0.25) is 0 Å². The predicted molar refractivity (Wildman–Crippen MR) is 185 cm³/mol. The van der Waals surface area contributed by atoms with Gasteiger partial charge in [-0.1, -0.05) is 96.8 Å². The Bertz CT molecular complexity index is 618. The van der Waals surface area contributed by atoms with Gasteiger partial charge >= 0.3 is 5.97 Å². The number of unbranched alkanes of at least 4 members (excludes halogenated alkanes) is 14. The maximum absolute atomic E-state index is 11.9. The first-order valence-corrected chi connectivity index (χ1v) is 19.2. The summed E-state index contributed by atoms with van der Waals surface area (Å²) in [7, 11) is 0. The van der Waals surface area contributed by atoms with E-state index in [1.54, 1.807) is 0 Å². The van der Waals surface area contributed by atoms with Crippen LogP contribution in [-0.4, -0.2) is 111 Å². The predicted octanol–water partition coefficient (Wildman–Crippen LogP) is 7.43. The van der Waals surface area contributed by atoms with E-state index in [0.717, 1.165) is 32.3 Å². The fourth-order valence-corrected chi connectivity index (χ4v) is 5.21. The lowest BCUT2D eigenvalue weighted by Crippen LogP contribution is -2.24. The van der Waals surface area contributed by atoms with Gasteiger partial charge in [0.05, 0.1) is 85.9 Å². The minimum Gasteiger partial charge on any atom is -0.463 e. The van der Waals surface area contributed by atoms with Crippen LogP contribution in [0.15, 0.2) is 0 Å². The molecular formula is C37H72O10. The summed E-state index contributed by atoms with van der Waals surface area (Å²) in [6.07, 6.45) is 23.5. The quantitative estimate of drug-likeness (QED) is 0.0485. The molecule has 280 valence electrons. The van der Waals surface area contributed by atoms with Crippen LogP contribution in [0.2, 0.25) is 0 Å². The number of esters is 1. The third-order valence-corrected chi connectivity index (χ3v) is 8.00. The van der Waals surface area contributed by atoms with Crippen molar-refractivity contribution >= 4 is 5.97 Å². The zero-order valence-electron chi connectivity index (χ0n) is 30.2. The SMILES string of the molecule is CCCCCCCCCCCCCCCCCC(=O)OCCOCCOCCOCCOCCOCCOCCOC1CCCCO1. The fourth-order valence-electron chi connectivity index (χ4n) is 5.21. The van der Waals surface area contributed by atoms with Crippen molar-refractivity contribution in [2.24, 2.45) is 0 Å². The Hall–Kier alpha value is -0.850. The lowest BCUT2D eigenvalue weighted by Gasteiger charge is -2.22. The highest BCUT2D eigenvalue weighted by atomic mass is 16.7. The normalized spacial score (nSPS) is 15.0. The fraction of sp³-hybridized carbons (Fsp3) is 0.973. The van der Waals surface area contributed by atoms with E-state index in [1.807, 2.05) is 0 Å². The lowest BCUT2D eigenvalue weighted by molar-refractivity contribution is -0.169. The van der Waals surface area contributed by atoms with E-state index in [2.05, 4.69) is 6.92 Å². The topological polar surface area (TPSA) is 100 Å². The largest absolute Gasteiger partial charge is 0.463 e. The van der Waals surface area contributed by atoms with Gasteiger partial charge < -0.3 is 42.6 Å². The molecule has 0 spiro atoms. The average molecular weight is 677 g/mol. The van der Waals surface area contributed by atoms with Gasteiger partial charge in [0.25, 0.3) is 0 Å². The molecule has 1 aliphatic rings. The Morgan fingerprint density at radius 2 is 0.872 bits per heavy atom. The molecule has 0 N–H and O–H groups in total. The van der Waals surface area contributed by atoms with Crippen LogP contribution in [0.1, 0.15) is 129 Å². The molecule has 47 heavy (non-hydrogen) atoms. The summed E-state index contributed by atoms with van der Waals surface area (Å²) >= 11 is 0. The maximum atomic E-state index is 11.9. The van der Waals surface area contributed by atoms with E-state index in [9.17, 15) is 4.79 Å². The van der Waals surface area contributed by atoms with Crippen LogP contribution < -0.4 is 0 Å². The van der Waals surface area contributed by atoms with Crippen molar-refractivity contribution in [2.45, 2.75) is 135 Å². The summed E-state index contributed by atoms with van der Waals surface area (Å²) in [6, 6.07) is 0. The number of ether oxygens (including phenoxy) is 9. The Kier molecular flexibility index (Phi) is 35.7. The Morgan fingerprint density at radius 1 is 0.489 bits per heavy atom. The molecule has 1 fully saturated rings. The zero-order valence-corrected chi connectivity index (χ0v) is 30.2. The van der Waals surface area contributed by atoms with E-state index in [4.69, 9.17) is 42.6 Å². The van der Waals surface area contributed by atoms with Gasteiger partial charge in [-0.05, 0) is 25.7 Å². The molecule has 10 nitrogen and oxygen atoms in total. The first kappa shape index (κ1) is 44.2. The molecule has 1 atom stereocenters. The maximum Gasteiger partial charge on any atom is 0.305 e. The minimum absolute atomic E-state index is 0.0643. The van der Waals surface area contributed by atoms with Gasteiger partial charge in [-0.15, -0.1) is 0 Å². The lowest BCUT2D eigenvalue weighted by atomic mass is 10.0. The molecule has 1 unspecified atom stereocenters. The van der Waals surface area contributed by atoms with Crippen molar-refractivity contribution in [2.75, 3.05) is 99.1 Å². The van der Waals surface area contributed by atoms with Crippen LogP contribution >= 0.6 is 0 Å². The monoisotopic (exact) mass is 677 g/mol. The number of hydrogen-bond donors (Lipinski definition) is 0. The molecule has 0 bridgehead atoms. The molecule has 0 aromatic heterocycles. The zero-order chi connectivity index (χ0) is 33.6. The highest BCUT2D eigenvalue weighted by Crippen LogP contribution is 2.14. The van der Waals surface area contributed by atoms with E-state index < -0.39 is 0 Å². The van der Waals surface area contributed by atoms with Crippen molar-refractivity contribution in [3.8, 4) is 0 Å². The van der Waals surface area contributed by atoms with E-state index >= 15 is 0 Å². The van der Waals surface area contributed by atoms with E-state index in [0.29, 0.717) is 98.9 Å². The smallest absolute Gasteiger partial charge is 0.305 e. The summed E-state index contributed by atoms with van der Waals surface area (Å²) < 4.78 is 49.3. The Labute approximate surface area is 287 Å². The van der Waals surface area contributed by atoms with Crippen LogP contribution in [0.25, 0.3) is 0 Å². The van der Waals surface area contributed by atoms with Gasteiger partial charge in [0.15, 0.2) is 6.29 Å². The minimum atomic E-state index is -0.124. The molecule has 0 amide bonds. The molecule has 0 saturated carbocycles. The summed E-state index contributed by atoms with van der Waals surface area (Å²) in [5, 5.41) is 0. The number of hydrogen-bond acceptors (Lipinski definition) is 10. The molecule has 1 rings (SSSR count). The van der Waals surface area contributed by atoms with Crippen LogP contribution in [0.4, 0.5) is 0 Å². The van der Waals surface area contributed by atoms with Gasteiger partial charge in [0.1, 0.15) is 6.61 Å².